The van der Waals surface area contributed by atoms with E-state index >= 15 is 0 Å². The Bertz CT molecular complexity index is 122. The van der Waals surface area contributed by atoms with Crippen LogP contribution < -0.4 is 5.73 Å². The van der Waals surface area contributed by atoms with Crippen LogP contribution in [-0.2, 0) is 4.79 Å². The third-order valence-corrected chi connectivity index (χ3v) is 2.07. The second kappa shape index (κ2) is 2.48. The van der Waals surface area contributed by atoms with E-state index in [4.69, 9.17) is 5.73 Å². The molecule has 0 aromatic carbocycles. The van der Waals surface area contributed by atoms with E-state index in [0.29, 0.717) is 12.3 Å². The average Bonchev–Trinajstić information content (AvgIpc) is 1.83. The van der Waals surface area contributed by atoms with E-state index in [1.165, 1.54) is 0 Å². The van der Waals surface area contributed by atoms with Gasteiger partial charge < -0.3 is 5.73 Å². The van der Waals surface area contributed by atoms with Gasteiger partial charge in [0.05, 0.1) is 6.04 Å². The molecule has 2 nitrogen and oxygen atoms in total. The van der Waals surface area contributed by atoms with Crippen LogP contribution in [0.4, 0.5) is 0 Å². The lowest BCUT2D eigenvalue weighted by Gasteiger charge is -2.23. The van der Waals surface area contributed by atoms with E-state index in [1.807, 2.05) is 6.92 Å². The first-order valence-corrected chi connectivity index (χ1v) is 3.50. The van der Waals surface area contributed by atoms with Crippen molar-refractivity contribution in [3.8, 4) is 0 Å². The van der Waals surface area contributed by atoms with Gasteiger partial charge in [0.15, 0.2) is 0 Å². The lowest BCUT2D eigenvalue weighted by Crippen LogP contribution is -2.39. The van der Waals surface area contributed by atoms with Gasteiger partial charge in [0.25, 0.3) is 0 Å². The first-order valence-electron chi connectivity index (χ1n) is 3.50. The van der Waals surface area contributed by atoms with Crippen LogP contribution in [0.15, 0.2) is 0 Å². The van der Waals surface area contributed by atoms with E-state index in [2.05, 4.69) is 0 Å². The van der Waals surface area contributed by atoms with E-state index in [0.717, 1.165) is 12.8 Å². The lowest BCUT2D eigenvalue weighted by atomic mass is 9.86. The zero-order valence-corrected chi connectivity index (χ0v) is 5.76. The predicted octanol–water partition coefficient (Wildman–Crippen LogP) is 0.703. The maximum absolute atomic E-state index is 10.9. The van der Waals surface area contributed by atoms with Crippen LogP contribution in [0, 0.1) is 5.92 Å². The molecule has 9 heavy (non-hydrogen) atoms. The number of ketones is 1. The van der Waals surface area contributed by atoms with Crippen molar-refractivity contribution < 1.29 is 4.79 Å². The molecule has 2 N–H and O–H groups in total. The van der Waals surface area contributed by atoms with Gasteiger partial charge in [0.1, 0.15) is 5.78 Å². The van der Waals surface area contributed by atoms with Gasteiger partial charge in [-0.25, -0.2) is 0 Å². The second-order valence-corrected chi connectivity index (χ2v) is 2.86. The Morgan fingerprint density at radius 3 is 2.78 bits per heavy atom. The van der Waals surface area contributed by atoms with Gasteiger partial charge in [-0.2, -0.15) is 0 Å². The molecule has 1 aliphatic carbocycles. The highest BCUT2D eigenvalue weighted by molar-refractivity contribution is 5.84. The monoisotopic (exact) mass is 127 g/mol. The molecule has 0 heterocycles. The van der Waals surface area contributed by atoms with Gasteiger partial charge in [-0.05, 0) is 18.8 Å². The molecule has 0 radical (unpaired) electrons. The van der Waals surface area contributed by atoms with Gasteiger partial charge in [0, 0.05) is 6.42 Å². The molecule has 0 unspecified atom stereocenters. The van der Waals surface area contributed by atoms with Crippen LogP contribution in [0.2, 0.25) is 0 Å². The molecule has 0 bridgehead atoms. The smallest absolute Gasteiger partial charge is 0.149 e. The van der Waals surface area contributed by atoms with Gasteiger partial charge in [-0.3, -0.25) is 4.79 Å². The predicted molar refractivity (Wildman–Crippen MR) is 36.0 cm³/mol. The van der Waals surface area contributed by atoms with Crippen molar-refractivity contribution >= 4 is 5.78 Å². The summed E-state index contributed by atoms with van der Waals surface area (Å²) in [5.41, 5.74) is 5.57. The number of hydrogen-bond acceptors (Lipinski definition) is 2. The van der Waals surface area contributed by atoms with Crippen LogP contribution in [0.3, 0.4) is 0 Å². The van der Waals surface area contributed by atoms with Crippen molar-refractivity contribution in [3.05, 3.63) is 0 Å². The van der Waals surface area contributed by atoms with Crippen molar-refractivity contribution in [3.63, 3.8) is 0 Å². The molecular formula is C7H13NO. The Balaban J connectivity index is 2.51. The minimum absolute atomic E-state index is 0.168. The fraction of sp³-hybridized carbons (Fsp3) is 0.857. The Hall–Kier alpha value is -0.370. The number of nitrogens with two attached hydrogens (primary N) is 1. The number of carbonyl (C=O) groups excluding carboxylic acids is 1. The SMILES string of the molecule is C[C@@H]1CCCC(=O)[C@H]1N. The van der Waals surface area contributed by atoms with E-state index in [-0.39, 0.29) is 11.8 Å². The standard InChI is InChI=1S/C7H13NO/c1-5-3-2-4-6(9)7(5)8/h5,7H,2-4,8H2,1H3/t5-,7+/m1/s1. The maximum atomic E-state index is 10.9. The topological polar surface area (TPSA) is 43.1 Å². The highest BCUT2D eigenvalue weighted by atomic mass is 16.1. The summed E-state index contributed by atoms with van der Waals surface area (Å²) in [5, 5.41) is 0. The van der Waals surface area contributed by atoms with Crippen LogP contribution >= 0.6 is 0 Å². The molecule has 1 saturated carbocycles. The normalized spacial score (nSPS) is 36.9. The summed E-state index contributed by atoms with van der Waals surface area (Å²) >= 11 is 0. The minimum Gasteiger partial charge on any atom is -0.321 e. The zero-order chi connectivity index (χ0) is 6.85. The molecule has 0 aliphatic heterocycles. The maximum Gasteiger partial charge on any atom is 0.149 e. The van der Waals surface area contributed by atoms with Gasteiger partial charge in [-0.15, -0.1) is 0 Å². The van der Waals surface area contributed by atoms with Crippen molar-refractivity contribution in [1.29, 1.82) is 0 Å². The minimum atomic E-state index is -0.168. The molecule has 0 spiro atoms. The molecule has 1 fully saturated rings. The van der Waals surface area contributed by atoms with Crippen molar-refractivity contribution in [2.45, 2.75) is 32.2 Å². The quantitative estimate of drug-likeness (QED) is 0.520. The average molecular weight is 127 g/mol. The van der Waals surface area contributed by atoms with Crippen molar-refractivity contribution in [2.75, 3.05) is 0 Å². The second-order valence-electron chi connectivity index (χ2n) is 2.86. The van der Waals surface area contributed by atoms with Gasteiger partial charge >= 0.3 is 0 Å². The molecule has 2 heteroatoms. The molecule has 0 aromatic rings. The molecular weight excluding hydrogens is 114 g/mol. The molecule has 52 valence electrons. The molecule has 2 atom stereocenters. The molecule has 0 amide bonds. The van der Waals surface area contributed by atoms with Crippen molar-refractivity contribution in [2.24, 2.45) is 11.7 Å². The highest BCUT2D eigenvalue weighted by Crippen LogP contribution is 2.18. The third-order valence-electron chi connectivity index (χ3n) is 2.07. The lowest BCUT2D eigenvalue weighted by molar-refractivity contribution is -0.122. The van der Waals surface area contributed by atoms with Crippen LogP contribution in [0.5, 0.6) is 0 Å². The Morgan fingerprint density at radius 2 is 2.33 bits per heavy atom. The number of carbonyl (C=O) groups is 1. The summed E-state index contributed by atoms with van der Waals surface area (Å²) in [5.74, 6) is 0.653. The Morgan fingerprint density at radius 1 is 1.67 bits per heavy atom. The first-order chi connectivity index (χ1) is 4.22. The van der Waals surface area contributed by atoms with Crippen LogP contribution in [0.1, 0.15) is 26.2 Å². The fourth-order valence-corrected chi connectivity index (χ4v) is 1.26. The van der Waals surface area contributed by atoms with E-state index in [9.17, 15) is 4.79 Å². The van der Waals surface area contributed by atoms with Crippen LogP contribution in [-0.4, -0.2) is 11.8 Å². The molecule has 1 rings (SSSR count). The summed E-state index contributed by atoms with van der Waals surface area (Å²) in [6, 6.07) is -0.168. The summed E-state index contributed by atoms with van der Waals surface area (Å²) in [6.45, 7) is 2.04. The summed E-state index contributed by atoms with van der Waals surface area (Å²) in [7, 11) is 0. The third kappa shape index (κ3) is 1.30. The zero-order valence-electron chi connectivity index (χ0n) is 5.76. The highest BCUT2D eigenvalue weighted by Gasteiger charge is 2.24. The Labute approximate surface area is 55.4 Å². The van der Waals surface area contributed by atoms with Crippen LogP contribution in [0.25, 0.3) is 0 Å². The number of hydrogen-bond donors (Lipinski definition) is 1. The first kappa shape index (κ1) is 6.75. The van der Waals surface area contributed by atoms with E-state index < -0.39 is 0 Å². The van der Waals surface area contributed by atoms with Gasteiger partial charge in [0.2, 0.25) is 0 Å². The fourth-order valence-electron chi connectivity index (χ4n) is 1.26. The Kier molecular flexibility index (Phi) is 1.86. The van der Waals surface area contributed by atoms with Crippen molar-refractivity contribution in [1.82, 2.24) is 0 Å². The largest absolute Gasteiger partial charge is 0.321 e. The van der Waals surface area contributed by atoms with Gasteiger partial charge in [-0.1, -0.05) is 6.92 Å². The molecule has 1 aliphatic rings. The summed E-state index contributed by atoms with van der Waals surface area (Å²) in [6.07, 6.45) is 2.85. The van der Waals surface area contributed by atoms with E-state index in [1.54, 1.807) is 0 Å². The number of Topliss-reactive ketones (excluding diaryl/α,β-unsaturated/α-hetero) is 1. The number of rotatable bonds is 0. The molecule has 0 saturated heterocycles. The molecule has 0 aromatic heterocycles. The summed E-state index contributed by atoms with van der Waals surface area (Å²) in [4.78, 5) is 10.9. The summed E-state index contributed by atoms with van der Waals surface area (Å²) < 4.78 is 0.